The number of benzene rings is 1. The molecule has 2 heteroatoms. The fourth-order valence-electron chi connectivity index (χ4n) is 1.33. The van der Waals surface area contributed by atoms with Crippen molar-refractivity contribution in [1.29, 1.82) is 0 Å². The summed E-state index contributed by atoms with van der Waals surface area (Å²) in [6.07, 6.45) is 1.16. The van der Waals surface area contributed by atoms with Crippen LogP contribution in [0.2, 0.25) is 0 Å². The number of hydrogen-bond donors (Lipinski definition) is 1. The molecule has 1 atom stereocenters. The number of para-hydroxylation sites is 1. The standard InChI is InChI=1S/C13H21NO/c1-4-12(3)14-9-10-15-13-8-6-5-7-11(13)2/h5-8,12,14H,4,9-10H2,1-3H3/t12-/m1/s1. The summed E-state index contributed by atoms with van der Waals surface area (Å²) in [5, 5.41) is 3.40. The molecule has 1 N–H and O–H groups in total. The maximum Gasteiger partial charge on any atom is 0.122 e. The molecule has 0 saturated carbocycles. The van der Waals surface area contributed by atoms with Crippen molar-refractivity contribution in [3.05, 3.63) is 29.8 Å². The molecular formula is C13H21NO. The minimum atomic E-state index is 0.575. The Morgan fingerprint density at radius 3 is 2.73 bits per heavy atom. The Balaban J connectivity index is 2.23. The van der Waals surface area contributed by atoms with E-state index in [1.54, 1.807) is 0 Å². The van der Waals surface area contributed by atoms with E-state index in [4.69, 9.17) is 4.74 Å². The zero-order valence-electron chi connectivity index (χ0n) is 9.92. The maximum absolute atomic E-state index is 5.67. The smallest absolute Gasteiger partial charge is 0.122 e. The van der Waals surface area contributed by atoms with Crippen LogP contribution in [0.15, 0.2) is 24.3 Å². The SMILES string of the molecule is CC[C@@H](C)NCCOc1ccccc1C. The molecule has 0 heterocycles. The molecule has 0 amide bonds. The molecule has 0 aliphatic heterocycles. The summed E-state index contributed by atoms with van der Waals surface area (Å²) in [5.41, 5.74) is 1.20. The number of hydrogen-bond acceptors (Lipinski definition) is 2. The Bertz CT molecular complexity index is 286. The lowest BCUT2D eigenvalue weighted by atomic mass is 10.2. The van der Waals surface area contributed by atoms with Crippen LogP contribution in [0.1, 0.15) is 25.8 Å². The first-order valence-corrected chi connectivity index (χ1v) is 5.66. The molecule has 0 aliphatic rings. The van der Waals surface area contributed by atoms with Gasteiger partial charge in [0.15, 0.2) is 0 Å². The monoisotopic (exact) mass is 207 g/mol. The van der Waals surface area contributed by atoms with Crippen LogP contribution in [0.5, 0.6) is 5.75 Å². The molecule has 84 valence electrons. The van der Waals surface area contributed by atoms with Crippen molar-refractivity contribution in [2.45, 2.75) is 33.2 Å². The molecule has 0 aliphatic carbocycles. The molecular weight excluding hydrogens is 186 g/mol. The molecule has 0 fully saturated rings. The Morgan fingerprint density at radius 2 is 2.07 bits per heavy atom. The molecule has 1 aromatic rings. The van der Waals surface area contributed by atoms with E-state index >= 15 is 0 Å². The van der Waals surface area contributed by atoms with Crippen molar-refractivity contribution in [1.82, 2.24) is 5.32 Å². The Hall–Kier alpha value is -1.02. The van der Waals surface area contributed by atoms with Crippen LogP contribution in [0.4, 0.5) is 0 Å². The molecule has 1 rings (SSSR count). The summed E-state index contributed by atoms with van der Waals surface area (Å²) in [4.78, 5) is 0. The van der Waals surface area contributed by atoms with Crippen molar-refractivity contribution in [3.63, 3.8) is 0 Å². The quantitative estimate of drug-likeness (QED) is 0.724. The third-order valence-electron chi connectivity index (χ3n) is 2.56. The average Bonchev–Trinajstić information content (AvgIpc) is 2.26. The average molecular weight is 207 g/mol. The van der Waals surface area contributed by atoms with Crippen molar-refractivity contribution in [2.24, 2.45) is 0 Å². The molecule has 0 aromatic heterocycles. The van der Waals surface area contributed by atoms with Gasteiger partial charge < -0.3 is 10.1 Å². The minimum Gasteiger partial charge on any atom is -0.492 e. The molecule has 1 aromatic carbocycles. The van der Waals surface area contributed by atoms with Crippen LogP contribution >= 0.6 is 0 Å². The maximum atomic E-state index is 5.67. The van der Waals surface area contributed by atoms with Crippen molar-refractivity contribution < 1.29 is 4.74 Å². The number of nitrogens with one attached hydrogen (secondary N) is 1. The first kappa shape index (κ1) is 12.1. The first-order chi connectivity index (χ1) is 7.24. The highest BCUT2D eigenvalue weighted by Crippen LogP contribution is 2.15. The van der Waals surface area contributed by atoms with Gasteiger partial charge in [-0.05, 0) is 31.9 Å². The van der Waals surface area contributed by atoms with Gasteiger partial charge in [0.05, 0.1) is 0 Å². The Morgan fingerprint density at radius 1 is 1.33 bits per heavy atom. The van der Waals surface area contributed by atoms with Gasteiger partial charge in [0, 0.05) is 12.6 Å². The molecule has 0 unspecified atom stereocenters. The van der Waals surface area contributed by atoms with E-state index in [1.165, 1.54) is 5.56 Å². The van der Waals surface area contributed by atoms with Crippen LogP contribution in [0.3, 0.4) is 0 Å². The third kappa shape index (κ3) is 4.34. The number of aryl methyl sites for hydroxylation is 1. The second-order valence-corrected chi connectivity index (χ2v) is 3.88. The summed E-state index contributed by atoms with van der Waals surface area (Å²) in [6, 6.07) is 8.69. The van der Waals surface area contributed by atoms with Gasteiger partial charge in [0.1, 0.15) is 12.4 Å². The van der Waals surface area contributed by atoms with Crippen molar-refractivity contribution in [3.8, 4) is 5.75 Å². The second-order valence-electron chi connectivity index (χ2n) is 3.88. The lowest BCUT2D eigenvalue weighted by Gasteiger charge is -2.12. The van der Waals surface area contributed by atoms with Gasteiger partial charge in [-0.15, -0.1) is 0 Å². The van der Waals surface area contributed by atoms with Crippen LogP contribution in [0, 0.1) is 6.92 Å². The van der Waals surface area contributed by atoms with E-state index in [1.807, 2.05) is 18.2 Å². The fourth-order valence-corrected chi connectivity index (χ4v) is 1.33. The van der Waals surface area contributed by atoms with Crippen molar-refractivity contribution in [2.75, 3.05) is 13.2 Å². The van der Waals surface area contributed by atoms with Crippen LogP contribution in [-0.4, -0.2) is 19.2 Å². The molecule has 2 nitrogen and oxygen atoms in total. The summed E-state index contributed by atoms with van der Waals surface area (Å²) < 4.78 is 5.67. The van der Waals surface area contributed by atoms with E-state index in [2.05, 4.69) is 32.2 Å². The summed E-state index contributed by atoms with van der Waals surface area (Å²) >= 11 is 0. The topological polar surface area (TPSA) is 21.3 Å². The van der Waals surface area contributed by atoms with Gasteiger partial charge in [-0.25, -0.2) is 0 Å². The van der Waals surface area contributed by atoms with Crippen LogP contribution in [-0.2, 0) is 0 Å². The van der Waals surface area contributed by atoms with Gasteiger partial charge in [0.25, 0.3) is 0 Å². The van der Waals surface area contributed by atoms with Gasteiger partial charge in [-0.2, -0.15) is 0 Å². The molecule has 15 heavy (non-hydrogen) atoms. The first-order valence-electron chi connectivity index (χ1n) is 5.66. The van der Waals surface area contributed by atoms with E-state index < -0.39 is 0 Å². The van der Waals surface area contributed by atoms with E-state index in [-0.39, 0.29) is 0 Å². The third-order valence-corrected chi connectivity index (χ3v) is 2.56. The highest BCUT2D eigenvalue weighted by molar-refractivity contribution is 5.31. The highest BCUT2D eigenvalue weighted by Gasteiger charge is 1.98. The predicted octanol–water partition coefficient (Wildman–Crippen LogP) is 2.76. The Labute approximate surface area is 92.6 Å². The summed E-state index contributed by atoms with van der Waals surface area (Å²) in [5.74, 6) is 0.989. The molecule has 0 saturated heterocycles. The summed E-state index contributed by atoms with van der Waals surface area (Å²) in [7, 11) is 0. The lowest BCUT2D eigenvalue weighted by molar-refractivity contribution is 0.304. The van der Waals surface area contributed by atoms with Gasteiger partial charge in [-0.1, -0.05) is 25.1 Å². The Kier molecular flexibility index (Phi) is 5.19. The van der Waals surface area contributed by atoms with Gasteiger partial charge >= 0.3 is 0 Å². The van der Waals surface area contributed by atoms with Gasteiger partial charge in [-0.3, -0.25) is 0 Å². The fraction of sp³-hybridized carbons (Fsp3) is 0.538. The normalized spacial score (nSPS) is 12.5. The van der Waals surface area contributed by atoms with Crippen LogP contribution < -0.4 is 10.1 Å². The molecule has 0 radical (unpaired) electrons. The number of rotatable bonds is 6. The summed E-state index contributed by atoms with van der Waals surface area (Å²) in [6.45, 7) is 8.07. The van der Waals surface area contributed by atoms with Crippen LogP contribution in [0.25, 0.3) is 0 Å². The second kappa shape index (κ2) is 6.46. The zero-order valence-corrected chi connectivity index (χ0v) is 9.92. The predicted molar refractivity (Wildman–Crippen MR) is 64.4 cm³/mol. The largest absolute Gasteiger partial charge is 0.492 e. The van der Waals surface area contributed by atoms with E-state index in [0.717, 1.165) is 25.3 Å². The molecule has 0 spiro atoms. The lowest BCUT2D eigenvalue weighted by Crippen LogP contribution is -2.29. The van der Waals surface area contributed by atoms with Gasteiger partial charge in [0.2, 0.25) is 0 Å². The van der Waals surface area contributed by atoms with E-state index in [9.17, 15) is 0 Å². The van der Waals surface area contributed by atoms with E-state index in [0.29, 0.717) is 6.04 Å². The zero-order chi connectivity index (χ0) is 11.1. The molecule has 0 bridgehead atoms. The highest BCUT2D eigenvalue weighted by atomic mass is 16.5. The van der Waals surface area contributed by atoms with Crippen molar-refractivity contribution >= 4 is 0 Å². The number of ether oxygens (including phenoxy) is 1. The minimum absolute atomic E-state index is 0.575.